The fourth-order valence-corrected chi connectivity index (χ4v) is 2.33. The molecule has 0 atom stereocenters. The van der Waals surface area contributed by atoms with Crippen LogP contribution in [0.2, 0.25) is 0 Å². The summed E-state index contributed by atoms with van der Waals surface area (Å²) in [6.45, 7) is 0.427. The molecule has 0 unspecified atom stereocenters. The van der Waals surface area contributed by atoms with Crippen molar-refractivity contribution in [2.45, 2.75) is 0 Å². The third-order valence-electron chi connectivity index (χ3n) is 3.60. The van der Waals surface area contributed by atoms with E-state index in [0.717, 1.165) is 10.9 Å². The first-order valence-corrected chi connectivity index (χ1v) is 7.98. The number of hydrogen-bond donors (Lipinski definition) is 1. The zero-order chi connectivity index (χ0) is 18.2. The Labute approximate surface area is 151 Å². The maximum atomic E-state index is 12.0. The SMILES string of the molecule is N#Cc1cccc(C(=O)NCC#CCOc2ccc3cccnc3c2)c1. The monoisotopic (exact) mass is 341 g/mol. The van der Waals surface area contributed by atoms with Gasteiger partial charge in [0.05, 0.1) is 23.7 Å². The number of nitrogens with zero attached hydrogens (tertiary/aromatic N) is 2. The van der Waals surface area contributed by atoms with E-state index in [2.05, 4.69) is 22.1 Å². The number of pyridine rings is 1. The van der Waals surface area contributed by atoms with E-state index in [1.165, 1.54) is 0 Å². The van der Waals surface area contributed by atoms with Gasteiger partial charge in [-0.1, -0.05) is 24.0 Å². The van der Waals surface area contributed by atoms with Gasteiger partial charge in [0.25, 0.3) is 5.91 Å². The number of aromatic nitrogens is 1. The highest BCUT2D eigenvalue weighted by Gasteiger charge is 2.04. The zero-order valence-electron chi connectivity index (χ0n) is 13.9. The number of benzene rings is 2. The fraction of sp³-hybridized carbons (Fsp3) is 0.0952. The Hall–Kier alpha value is -3.83. The Kier molecular flexibility index (Phi) is 5.44. The van der Waals surface area contributed by atoms with E-state index in [1.807, 2.05) is 36.4 Å². The molecule has 1 amide bonds. The topological polar surface area (TPSA) is 75.0 Å². The molecule has 1 heterocycles. The van der Waals surface area contributed by atoms with Gasteiger partial charge in [-0.2, -0.15) is 5.26 Å². The van der Waals surface area contributed by atoms with E-state index in [0.29, 0.717) is 16.9 Å². The Balaban J connectivity index is 1.48. The largest absolute Gasteiger partial charge is 0.481 e. The quantitative estimate of drug-likeness (QED) is 0.741. The summed E-state index contributed by atoms with van der Waals surface area (Å²) >= 11 is 0. The zero-order valence-corrected chi connectivity index (χ0v) is 13.9. The molecule has 0 saturated carbocycles. The Morgan fingerprint density at radius 3 is 2.92 bits per heavy atom. The number of carbonyl (C=O) groups is 1. The second kappa shape index (κ2) is 8.32. The Bertz CT molecular complexity index is 1040. The number of rotatable bonds is 4. The molecule has 126 valence electrons. The second-order valence-electron chi connectivity index (χ2n) is 5.38. The Morgan fingerprint density at radius 1 is 1.12 bits per heavy atom. The van der Waals surface area contributed by atoms with Gasteiger partial charge in [0.1, 0.15) is 12.4 Å². The van der Waals surface area contributed by atoms with Crippen LogP contribution in [0.4, 0.5) is 0 Å². The van der Waals surface area contributed by atoms with E-state index < -0.39 is 0 Å². The summed E-state index contributed by atoms with van der Waals surface area (Å²) < 4.78 is 5.57. The van der Waals surface area contributed by atoms with Gasteiger partial charge in [0.2, 0.25) is 0 Å². The third kappa shape index (κ3) is 4.37. The number of nitrogens with one attached hydrogen (secondary N) is 1. The molecule has 0 radical (unpaired) electrons. The summed E-state index contributed by atoms with van der Waals surface area (Å²) in [4.78, 5) is 16.2. The number of ether oxygens (including phenoxy) is 1. The van der Waals surface area contributed by atoms with Crippen molar-refractivity contribution < 1.29 is 9.53 Å². The van der Waals surface area contributed by atoms with Gasteiger partial charge in [-0.3, -0.25) is 9.78 Å². The summed E-state index contributed by atoms with van der Waals surface area (Å²) in [6, 6.07) is 18.1. The van der Waals surface area contributed by atoms with E-state index in [4.69, 9.17) is 10.00 Å². The Morgan fingerprint density at radius 2 is 2.04 bits per heavy atom. The first kappa shape index (κ1) is 17.0. The van der Waals surface area contributed by atoms with Crippen molar-refractivity contribution in [3.8, 4) is 23.7 Å². The molecule has 3 rings (SSSR count). The lowest BCUT2D eigenvalue weighted by Crippen LogP contribution is -2.23. The molecule has 0 saturated heterocycles. The predicted octanol–water partition coefficient (Wildman–Crippen LogP) is 2.92. The molecule has 5 heteroatoms. The smallest absolute Gasteiger partial charge is 0.252 e. The van der Waals surface area contributed by atoms with E-state index in [1.54, 1.807) is 30.5 Å². The summed E-state index contributed by atoms with van der Waals surface area (Å²) in [5, 5.41) is 12.6. The number of nitriles is 1. The van der Waals surface area contributed by atoms with Gasteiger partial charge in [-0.15, -0.1) is 0 Å². The maximum absolute atomic E-state index is 12.0. The number of carbonyl (C=O) groups excluding carboxylic acids is 1. The molecule has 0 aliphatic carbocycles. The molecule has 0 fully saturated rings. The van der Waals surface area contributed by atoms with Crippen molar-refractivity contribution in [1.29, 1.82) is 5.26 Å². The summed E-state index contributed by atoms with van der Waals surface area (Å²) in [5.41, 5.74) is 1.75. The minimum atomic E-state index is -0.266. The van der Waals surface area contributed by atoms with Gasteiger partial charge in [-0.25, -0.2) is 0 Å². The molecular weight excluding hydrogens is 326 g/mol. The van der Waals surface area contributed by atoms with Crippen molar-refractivity contribution in [2.75, 3.05) is 13.2 Å². The molecule has 0 bridgehead atoms. The summed E-state index contributed by atoms with van der Waals surface area (Å²) in [7, 11) is 0. The summed E-state index contributed by atoms with van der Waals surface area (Å²) in [6.07, 6.45) is 1.74. The highest BCUT2D eigenvalue weighted by Crippen LogP contribution is 2.18. The van der Waals surface area contributed by atoms with Crippen LogP contribution in [0.25, 0.3) is 10.9 Å². The van der Waals surface area contributed by atoms with Crippen LogP contribution in [0.15, 0.2) is 60.8 Å². The normalized spacial score (nSPS) is 9.65. The fourth-order valence-electron chi connectivity index (χ4n) is 2.33. The molecular formula is C21H15N3O2. The lowest BCUT2D eigenvalue weighted by atomic mass is 10.1. The van der Waals surface area contributed by atoms with Gasteiger partial charge in [0.15, 0.2) is 0 Å². The van der Waals surface area contributed by atoms with Crippen LogP contribution < -0.4 is 10.1 Å². The predicted molar refractivity (Wildman–Crippen MR) is 98.5 cm³/mol. The molecule has 2 aromatic carbocycles. The first-order valence-electron chi connectivity index (χ1n) is 7.98. The van der Waals surface area contributed by atoms with Crippen LogP contribution in [0, 0.1) is 23.2 Å². The minimum absolute atomic E-state index is 0.207. The highest BCUT2D eigenvalue weighted by atomic mass is 16.5. The average Bonchev–Trinajstić information content (AvgIpc) is 2.70. The molecule has 3 aromatic rings. The number of fused-ring (bicyclic) bond motifs is 1. The van der Waals surface area contributed by atoms with E-state index in [-0.39, 0.29) is 19.1 Å². The molecule has 0 spiro atoms. The van der Waals surface area contributed by atoms with Crippen molar-refractivity contribution in [2.24, 2.45) is 0 Å². The highest BCUT2D eigenvalue weighted by molar-refractivity contribution is 5.94. The van der Waals surface area contributed by atoms with Gasteiger partial charge in [-0.05, 0) is 36.4 Å². The molecule has 1 N–H and O–H groups in total. The molecule has 0 aliphatic heterocycles. The van der Waals surface area contributed by atoms with Crippen LogP contribution in [0.1, 0.15) is 15.9 Å². The van der Waals surface area contributed by atoms with Crippen LogP contribution in [-0.4, -0.2) is 24.0 Å². The van der Waals surface area contributed by atoms with Gasteiger partial charge in [0, 0.05) is 23.2 Å². The first-order chi connectivity index (χ1) is 12.8. The molecule has 1 aromatic heterocycles. The second-order valence-corrected chi connectivity index (χ2v) is 5.38. The molecule has 0 aliphatic rings. The standard InChI is InChI=1S/C21H15N3O2/c22-15-16-5-3-6-18(13-16)21(25)24-10-1-2-12-26-19-9-8-17-7-4-11-23-20(17)14-19/h3-9,11,13-14H,10,12H2,(H,24,25). The van der Waals surface area contributed by atoms with Crippen molar-refractivity contribution in [3.63, 3.8) is 0 Å². The van der Waals surface area contributed by atoms with Crippen molar-refractivity contribution in [1.82, 2.24) is 10.3 Å². The molecule has 5 nitrogen and oxygen atoms in total. The van der Waals surface area contributed by atoms with Crippen LogP contribution in [0.3, 0.4) is 0 Å². The van der Waals surface area contributed by atoms with E-state index in [9.17, 15) is 4.79 Å². The van der Waals surface area contributed by atoms with Gasteiger partial charge < -0.3 is 10.1 Å². The minimum Gasteiger partial charge on any atom is -0.481 e. The van der Waals surface area contributed by atoms with Crippen molar-refractivity contribution >= 4 is 16.8 Å². The average molecular weight is 341 g/mol. The third-order valence-corrected chi connectivity index (χ3v) is 3.60. The number of hydrogen-bond acceptors (Lipinski definition) is 4. The van der Waals surface area contributed by atoms with Crippen molar-refractivity contribution in [3.05, 3.63) is 71.9 Å². The maximum Gasteiger partial charge on any atom is 0.252 e. The lowest BCUT2D eigenvalue weighted by Gasteiger charge is -2.03. The lowest BCUT2D eigenvalue weighted by molar-refractivity contribution is 0.0958. The number of amides is 1. The van der Waals surface area contributed by atoms with E-state index >= 15 is 0 Å². The van der Waals surface area contributed by atoms with Gasteiger partial charge >= 0.3 is 0 Å². The summed E-state index contributed by atoms with van der Waals surface area (Å²) in [5.74, 6) is 6.12. The van der Waals surface area contributed by atoms with Crippen LogP contribution >= 0.6 is 0 Å². The van der Waals surface area contributed by atoms with Crippen LogP contribution in [-0.2, 0) is 0 Å². The molecule has 26 heavy (non-hydrogen) atoms. The van der Waals surface area contributed by atoms with Crippen LogP contribution in [0.5, 0.6) is 5.75 Å².